The van der Waals surface area contributed by atoms with E-state index in [2.05, 4.69) is 16.6 Å². The van der Waals surface area contributed by atoms with Gasteiger partial charge in [0.1, 0.15) is 0 Å². The third kappa shape index (κ3) is 4.23. The van der Waals surface area contributed by atoms with Crippen molar-refractivity contribution in [3.05, 3.63) is 40.8 Å². The lowest BCUT2D eigenvalue weighted by atomic mass is 10.0. The Morgan fingerprint density at radius 3 is 2.67 bits per heavy atom. The Morgan fingerprint density at radius 2 is 1.96 bits per heavy atom. The zero-order chi connectivity index (χ0) is 17.7. The van der Waals surface area contributed by atoms with Crippen molar-refractivity contribution < 1.29 is 8.42 Å². The van der Waals surface area contributed by atoms with Gasteiger partial charge in [-0.2, -0.15) is 0 Å². The molecule has 0 bridgehead atoms. The van der Waals surface area contributed by atoms with Crippen LogP contribution >= 0.6 is 0 Å². The minimum absolute atomic E-state index is 0.0960. The first-order chi connectivity index (χ1) is 11.4. The Balaban J connectivity index is 2.25. The van der Waals surface area contributed by atoms with Gasteiger partial charge < -0.3 is 10.7 Å². The van der Waals surface area contributed by atoms with Gasteiger partial charge in [-0.15, -0.1) is 0 Å². The number of H-pyrrole nitrogens is 1. The van der Waals surface area contributed by atoms with Crippen LogP contribution in [-0.2, 0) is 10.0 Å². The van der Waals surface area contributed by atoms with E-state index in [4.69, 9.17) is 5.73 Å². The monoisotopic (exact) mass is 351 g/mol. The molecule has 0 aliphatic rings. The van der Waals surface area contributed by atoms with Gasteiger partial charge in [0.05, 0.1) is 4.90 Å². The zero-order valence-corrected chi connectivity index (χ0v) is 14.9. The smallest absolute Gasteiger partial charge is 0.255 e. The van der Waals surface area contributed by atoms with E-state index in [0.717, 1.165) is 25.7 Å². The second-order valence-corrected chi connectivity index (χ2v) is 7.78. The van der Waals surface area contributed by atoms with E-state index in [0.29, 0.717) is 10.8 Å². The number of nitrogens with two attached hydrogens (primary N) is 1. The Kier molecular flexibility index (Phi) is 6.15. The van der Waals surface area contributed by atoms with Crippen molar-refractivity contribution in [3.8, 4) is 0 Å². The largest absolute Gasteiger partial charge is 0.329 e. The minimum atomic E-state index is -3.76. The van der Waals surface area contributed by atoms with Crippen molar-refractivity contribution in [2.75, 3.05) is 0 Å². The Labute approximate surface area is 142 Å². The van der Waals surface area contributed by atoms with Crippen LogP contribution < -0.4 is 16.0 Å². The summed E-state index contributed by atoms with van der Waals surface area (Å²) < 4.78 is 28.1. The van der Waals surface area contributed by atoms with Crippen molar-refractivity contribution in [1.29, 1.82) is 0 Å². The van der Waals surface area contributed by atoms with E-state index in [-0.39, 0.29) is 22.5 Å². The summed E-state index contributed by atoms with van der Waals surface area (Å²) in [6.07, 6.45) is 5.38. The summed E-state index contributed by atoms with van der Waals surface area (Å²) in [5, 5.41) is 0.751. The van der Waals surface area contributed by atoms with Crippen LogP contribution in [0.4, 0.5) is 0 Å². The first-order valence-corrected chi connectivity index (χ1v) is 9.73. The Bertz CT molecular complexity index is 846. The van der Waals surface area contributed by atoms with Crippen LogP contribution in [0.1, 0.15) is 39.5 Å². The van der Waals surface area contributed by atoms with Gasteiger partial charge in [0.25, 0.3) is 5.56 Å². The molecule has 0 radical (unpaired) electrons. The van der Waals surface area contributed by atoms with Gasteiger partial charge in [-0.1, -0.05) is 32.3 Å². The van der Waals surface area contributed by atoms with Crippen LogP contribution in [0.3, 0.4) is 0 Å². The average Bonchev–Trinajstić information content (AvgIpc) is 2.54. The van der Waals surface area contributed by atoms with Crippen LogP contribution in [0.2, 0.25) is 0 Å². The molecular formula is C17H25N3O3S. The molecule has 0 saturated carbocycles. The lowest BCUT2D eigenvalue weighted by Crippen LogP contribution is -2.45. The molecule has 1 aromatic carbocycles. The number of aromatic nitrogens is 1. The molecule has 4 N–H and O–H groups in total. The predicted octanol–water partition coefficient (Wildman–Crippen LogP) is 2.10. The SMILES string of the molecule is CCCCCC(N)C(C)NS(=O)(=O)c1cccc2c(=O)[nH]ccc12. The van der Waals surface area contributed by atoms with Crippen LogP contribution in [0.25, 0.3) is 10.8 Å². The van der Waals surface area contributed by atoms with Crippen molar-refractivity contribution >= 4 is 20.8 Å². The summed E-state index contributed by atoms with van der Waals surface area (Å²) >= 11 is 0. The van der Waals surface area contributed by atoms with Crippen molar-refractivity contribution in [1.82, 2.24) is 9.71 Å². The van der Waals surface area contributed by atoms with Crippen LogP contribution in [0, 0.1) is 0 Å². The van der Waals surface area contributed by atoms with E-state index in [9.17, 15) is 13.2 Å². The molecule has 0 amide bonds. The van der Waals surface area contributed by atoms with Crippen molar-refractivity contribution in [3.63, 3.8) is 0 Å². The van der Waals surface area contributed by atoms with Gasteiger partial charge in [-0.25, -0.2) is 13.1 Å². The third-order valence-electron chi connectivity index (χ3n) is 4.19. The molecule has 132 valence electrons. The highest BCUT2D eigenvalue weighted by atomic mass is 32.2. The highest BCUT2D eigenvalue weighted by Crippen LogP contribution is 2.20. The quantitative estimate of drug-likeness (QED) is 0.633. The molecule has 2 rings (SSSR count). The number of nitrogens with one attached hydrogen (secondary N) is 2. The number of rotatable bonds is 8. The molecular weight excluding hydrogens is 326 g/mol. The zero-order valence-electron chi connectivity index (χ0n) is 14.1. The number of sulfonamides is 1. The van der Waals surface area contributed by atoms with E-state index in [1.165, 1.54) is 12.3 Å². The molecule has 0 saturated heterocycles. The van der Waals surface area contributed by atoms with Gasteiger partial charge in [0.2, 0.25) is 10.0 Å². The summed E-state index contributed by atoms with van der Waals surface area (Å²) in [5.41, 5.74) is 5.79. The fraction of sp³-hybridized carbons (Fsp3) is 0.471. The topological polar surface area (TPSA) is 105 Å². The molecule has 0 aliphatic carbocycles. The summed E-state index contributed by atoms with van der Waals surface area (Å²) in [6.45, 7) is 3.88. The van der Waals surface area contributed by atoms with Gasteiger partial charge in [0.15, 0.2) is 0 Å². The molecule has 0 fully saturated rings. The average molecular weight is 351 g/mol. The molecule has 2 aromatic rings. The molecule has 1 heterocycles. The molecule has 1 aromatic heterocycles. The molecule has 7 heteroatoms. The second-order valence-electron chi connectivity index (χ2n) is 6.09. The molecule has 0 spiro atoms. The maximum absolute atomic E-state index is 12.7. The molecule has 0 aliphatic heterocycles. The van der Waals surface area contributed by atoms with E-state index in [1.807, 2.05) is 0 Å². The van der Waals surface area contributed by atoms with Gasteiger partial charge in [-0.3, -0.25) is 4.79 Å². The lowest BCUT2D eigenvalue weighted by molar-refractivity contribution is 0.462. The molecule has 2 atom stereocenters. The van der Waals surface area contributed by atoms with Gasteiger partial charge in [-0.05, 0) is 31.5 Å². The second kappa shape index (κ2) is 7.92. The molecule has 24 heavy (non-hydrogen) atoms. The number of hydrogen-bond acceptors (Lipinski definition) is 4. The minimum Gasteiger partial charge on any atom is -0.329 e. The van der Waals surface area contributed by atoms with Crippen LogP contribution in [0.15, 0.2) is 40.2 Å². The highest BCUT2D eigenvalue weighted by molar-refractivity contribution is 7.89. The summed E-state index contributed by atoms with van der Waals surface area (Å²) in [5.74, 6) is 0. The Hall–Kier alpha value is -1.70. The molecule has 6 nitrogen and oxygen atoms in total. The summed E-state index contributed by atoms with van der Waals surface area (Å²) in [6, 6.07) is 5.63. The van der Waals surface area contributed by atoms with Crippen molar-refractivity contribution in [2.24, 2.45) is 5.73 Å². The number of benzene rings is 1. The number of hydrogen-bond donors (Lipinski definition) is 3. The predicted molar refractivity (Wildman–Crippen MR) is 96.5 cm³/mol. The number of unbranched alkanes of at least 4 members (excludes halogenated alkanes) is 2. The van der Waals surface area contributed by atoms with E-state index < -0.39 is 10.0 Å². The van der Waals surface area contributed by atoms with E-state index >= 15 is 0 Å². The lowest BCUT2D eigenvalue weighted by Gasteiger charge is -2.21. The maximum atomic E-state index is 12.7. The highest BCUT2D eigenvalue weighted by Gasteiger charge is 2.23. The van der Waals surface area contributed by atoms with E-state index in [1.54, 1.807) is 25.1 Å². The summed E-state index contributed by atoms with van der Waals surface area (Å²) in [7, 11) is -3.76. The Morgan fingerprint density at radius 1 is 1.21 bits per heavy atom. The molecule has 2 unspecified atom stereocenters. The third-order valence-corrected chi connectivity index (χ3v) is 5.81. The number of pyridine rings is 1. The van der Waals surface area contributed by atoms with Gasteiger partial charge >= 0.3 is 0 Å². The van der Waals surface area contributed by atoms with Crippen LogP contribution in [0.5, 0.6) is 0 Å². The fourth-order valence-electron chi connectivity index (χ4n) is 2.70. The fourth-order valence-corrected chi connectivity index (χ4v) is 4.22. The number of aromatic amines is 1. The van der Waals surface area contributed by atoms with Crippen molar-refractivity contribution in [2.45, 2.75) is 56.5 Å². The normalized spacial score (nSPS) is 14.6. The summed E-state index contributed by atoms with van der Waals surface area (Å²) in [4.78, 5) is 14.5. The standard InChI is InChI=1S/C17H25N3O3S/c1-3-4-5-8-15(18)12(2)20-24(22,23)16-9-6-7-14-13(16)10-11-19-17(14)21/h6-7,9-12,15,20H,3-5,8,18H2,1-2H3,(H,19,21). The first kappa shape index (κ1) is 18.6. The maximum Gasteiger partial charge on any atom is 0.255 e. The van der Waals surface area contributed by atoms with Gasteiger partial charge in [0, 0.05) is 29.1 Å². The van der Waals surface area contributed by atoms with Crippen LogP contribution in [-0.4, -0.2) is 25.5 Å². The first-order valence-electron chi connectivity index (χ1n) is 8.25. The number of fused-ring (bicyclic) bond motifs is 1.